The number of nitrogens with one attached hydrogen (secondary N) is 2. The molecule has 8 heteroatoms. The van der Waals surface area contributed by atoms with Gasteiger partial charge in [0.25, 0.3) is 5.56 Å². The average molecular weight is 327 g/mol. The van der Waals surface area contributed by atoms with Crippen LogP contribution in [0, 0.1) is 17.8 Å². The molecule has 0 amide bonds. The standard InChI is InChI=1S/C16H14FN5O2/c17-13-6-18-14-10(9-3-8(9)7-1-2-7)4-12(21-22(13)14)11-5-19-16(24)20-15(11)23/h4-9H,1-3H2,(H2,19,20,23,24). The third-order valence-corrected chi connectivity index (χ3v) is 5.02. The molecule has 2 unspecified atom stereocenters. The Labute approximate surface area is 134 Å². The van der Waals surface area contributed by atoms with Crippen LogP contribution in [-0.2, 0) is 0 Å². The first kappa shape index (κ1) is 13.6. The number of fused-ring (bicyclic) bond motifs is 1. The molecule has 24 heavy (non-hydrogen) atoms. The lowest BCUT2D eigenvalue weighted by molar-refractivity contribution is 0.548. The number of hydrogen-bond donors (Lipinski definition) is 2. The fourth-order valence-corrected chi connectivity index (χ4v) is 3.59. The third kappa shape index (κ3) is 2.02. The predicted octanol–water partition coefficient (Wildman–Crippen LogP) is 1.43. The summed E-state index contributed by atoms with van der Waals surface area (Å²) in [4.78, 5) is 32.0. The van der Waals surface area contributed by atoms with Gasteiger partial charge in [0.1, 0.15) is 0 Å². The first-order valence-corrected chi connectivity index (χ1v) is 7.98. The van der Waals surface area contributed by atoms with Gasteiger partial charge in [-0.05, 0) is 43.1 Å². The van der Waals surface area contributed by atoms with Crippen LogP contribution in [0.4, 0.5) is 4.39 Å². The molecular weight excluding hydrogens is 313 g/mol. The highest BCUT2D eigenvalue weighted by molar-refractivity contribution is 5.63. The lowest BCUT2D eigenvalue weighted by atomic mass is 10.1. The van der Waals surface area contributed by atoms with E-state index in [2.05, 4.69) is 20.1 Å². The molecule has 0 saturated heterocycles. The van der Waals surface area contributed by atoms with E-state index in [1.54, 1.807) is 6.07 Å². The maximum absolute atomic E-state index is 14.0. The maximum atomic E-state index is 14.0. The molecule has 2 atom stereocenters. The summed E-state index contributed by atoms with van der Waals surface area (Å²) >= 11 is 0. The van der Waals surface area contributed by atoms with E-state index in [0.717, 1.165) is 28.6 Å². The molecule has 2 aliphatic rings. The Morgan fingerprint density at radius 3 is 2.88 bits per heavy atom. The molecule has 3 heterocycles. The molecule has 0 radical (unpaired) electrons. The van der Waals surface area contributed by atoms with E-state index in [4.69, 9.17) is 0 Å². The van der Waals surface area contributed by atoms with E-state index in [9.17, 15) is 14.0 Å². The van der Waals surface area contributed by atoms with Gasteiger partial charge in [-0.1, -0.05) is 0 Å². The van der Waals surface area contributed by atoms with Crippen LogP contribution >= 0.6 is 0 Å². The van der Waals surface area contributed by atoms with Crippen LogP contribution in [0.2, 0.25) is 0 Å². The first-order valence-electron chi connectivity index (χ1n) is 7.98. The Hall–Kier alpha value is -2.77. The first-order chi connectivity index (χ1) is 11.6. The van der Waals surface area contributed by atoms with Crippen molar-refractivity contribution < 1.29 is 4.39 Å². The minimum Gasteiger partial charge on any atom is -0.313 e. The van der Waals surface area contributed by atoms with E-state index in [1.807, 2.05) is 0 Å². The zero-order valence-electron chi connectivity index (χ0n) is 12.6. The molecule has 3 aromatic rings. The zero-order chi connectivity index (χ0) is 16.4. The van der Waals surface area contributed by atoms with Crippen molar-refractivity contribution in [1.29, 1.82) is 0 Å². The summed E-state index contributed by atoms with van der Waals surface area (Å²) in [5, 5.41) is 4.19. The maximum Gasteiger partial charge on any atom is 0.325 e. The molecule has 3 aromatic heterocycles. The van der Waals surface area contributed by atoms with Gasteiger partial charge in [-0.25, -0.2) is 9.78 Å². The molecule has 0 aromatic carbocycles. The summed E-state index contributed by atoms with van der Waals surface area (Å²) in [6.07, 6.45) is 6.04. The monoisotopic (exact) mass is 327 g/mol. The highest BCUT2D eigenvalue weighted by Crippen LogP contribution is 2.59. The van der Waals surface area contributed by atoms with E-state index < -0.39 is 17.2 Å². The number of aromatic nitrogens is 5. The summed E-state index contributed by atoms with van der Waals surface area (Å²) in [7, 11) is 0. The van der Waals surface area contributed by atoms with Crippen molar-refractivity contribution in [1.82, 2.24) is 24.6 Å². The fraction of sp³-hybridized carbons (Fsp3) is 0.375. The molecule has 5 rings (SSSR count). The number of aromatic amines is 2. The summed E-state index contributed by atoms with van der Waals surface area (Å²) < 4.78 is 15.2. The molecule has 2 fully saturated rings. The van der Waals surface area contributed by atoms with Crippen molar-refractivity contribution in [3.63, 3.8) is 0 Å². The minimum atomic E-state index is -0.588. The number of nitrogens with zero attached hydrogens (tertiary/aromatic N) is 3. The average Bonchev–Trinajstić information content (AvgIpc) is 3.44. The molecule has 0 bridgehead atoms. The second-order valence-corrected chi connectivity index (χ2v) is 6.63. The number of hydrogen-bond acceptors (Lipinski definition) is 4. The summed E-state index contributed by atoms with van der Waals surface area (Å²) in [6, 6.07) is 1.80. The van der Waals surface area contributed by atoms with Crippen molar-refractivity contribution in [2.45, 2.75) is 25.2 Å². The minimum absolute atomic E-state index is 0.203. The Bertz CT molecular complexity index is 1080. The Morgan fingerprint density at radius 2 is 2.12 bits per heavy atom. The molecular formula is C16H14FN5O2. The van der Waals surface area contributed by atoms with Gasteiger partial charge in [-0.2, -0.15) is 14.0 Å². The van der Waals surface area contributed by atoms with Crippen LogP contribution in [-0.4, -0.2) is 24.6 Å². The fourth-order valence-electron chi connectivity index (χ4n) is 3.59. The normalized spacial score (nSPS) is 22.9. The van der Waals surface area contributed by atoms with E-state index in [1.165, 1.54) is 19.0 Å². The van der Waals surface area contributed by atoms with Gasteiger partial charge in [-0.15, -0.1) is 0 Å². The van der Waals surface area contributed by atoms with Crippen LogP contribution in [0.15, 0.2) is 28.0 Å². The van der Waals surface area contributed by atoms with Crippen molar-refractivity contribution in [3.8, 4) is 11.3 Å². The van der Waals surface area contributed by atoms with Crippen molar-refractivity contribution in [2.24, 2.45) is 11.8 Å². The van der Waals surface area contributed by atoms with Gasteiger partial charge in [0.2, 0.25) is 5.95 Å². The van der Waals surface area contributed by atoms with Gasteiger partial charge < -0.3 is 4.98 Å². The number of imidazole rings is 1. The van der Waals surface area contributed by atoms with Gasteiger partial charge in [0, 0.05) is 11.8 Å². The van der Waals surface area contributed by atoms with Crippen LogP contribution < -0.4 is 11.2 Å². The summed E-state index contributed by atoms with van der Waals surface area (Å²) in [5.74, 6) is 1.16. The van der Waals surface area contributed by atoms with E-state index >= 15 is 0 Å². The predicted molar refractivity (Wildman–Crippen MR) is 83.2 cm³/mol. The number of halogens is 1. The second kappa shape index (κ2) is 4.62. The van der Waals surface area contributed by atoms with Crippen LogP contribution in [0.1, 0.15) is 30.7 Å². The van der Waals surface area contributed by atoms with Crippen molar-refractivity contribution in [2.75, 3.05) is 0 Å². The van der Waals surface area contributed by atoms with Gasteiger partial charge >= 0.3 is 5.69 Å². The highest BCUT2D eigenvalue weighted by Gasteiger charge is 2.49. The molecule has 122 valence electrons. The van der Waals surface area contributed by atoms with Crippen molar-refractivity contribution in [3.05, 3.63) is 50.8 Å². The highest BCUT2D eigenvalue weighted by atomic mass is 19.1. The molecule has 2 N–H and O–H groups in total. The Kier molecular flexibility index (Phi) is 2.63. The zero-order valence-corrected chi connectivity index (χ0v) is 12.6. The molecule has 0 spiro atoms. The summed E-state index contributed by atoms with van der Waals surface area (Å²) in [5.41, 5.74) is 0.820. The molecule has 7 nitrogen and oxygen atoms in total. The largest absolute Gasteiger partial charge is 0.325 e. The lowest BCUT2D eigenvalue weighted by Gasteiger charge is -2.07. The van der Waals surface area contributed by atoms with Crippen molar-refractivity contribution >= 4 is 5.65 Å². The molecule has 2 saturated carbocycles. The number of H-pyrrole nitrogens is 2. The Balaban J connectivity index is 1.70. The third-order valence-electron chi connectivity index (χ3n) is 5.02. The lowest BCUT2D eigenvalue weighted by Crippen LogP contribution is -2.23. The quantitative estimate of drug-likeness (QED) is 0.760. The van der Waals surface area contributed by atoms with Crippen LogP contribution in [0.3, 0.4) is 0 Å². The topological polar surface area (TPSA) is 95.9 Å². The summed E-state index contributed by atoms with van der Waals surface area (Å²) in [6.45, 7) is 0. The van der Waals surface area contributed by atoms with E-state index in [0.29, 0.717) is 23.2 Å². The molecule has 0 aliphatic heterocycles. The second-order valence-electron chi connectivity index (χ2n) is 6.63. The smallest absolute Gasteiger partial charge is 0.313 e. The van der Waals surface area contributed by atoms with Crippen LogP contribution in [0.25, 0.3) is 16.9 Å². The van der Waals surface area contributed by atoms with Gasteiger partial charge in [0.15, 0.2) is 5.65 Å². The SMILES string of the molecule is O=c1[nH]cc(-c2cc(C3CC3C3CC3)c3ncc(F)n3n2)c(=O)[nH]1. The Morgan fingerprint density at radius 1 is 1.29 bits per heavy atom. The molecule has 2 aliphatic carbocycles. The van der Waals surface area contributed by atoms with Crippen LogP contribution in [0.5, 0.6) is 0 Å². The van der Waals surface area contributed by atoms with Gasteiger partial charge in [-0.3, -0.25) is 9.78 Å². The van der Waals surface area contributed by atoms with E-state index in [-0.39, 0.29) is 5.56 Å². The number of rotatable bonds is 3. The van der Waals surface area contributed by atoms with Gasteiger partial charge in [0.05, 0.1) is 17.5 Å².